The van der Waals surface area contributed by atoms with E-state index in [2.05, 4.69) is 44.2 Å². The number of nitrogens with zero attached hydrogens (tertiary/aromatic N) is 3. The van der Waals surface area contributed by atoms with Gasteiger partial charge in [0.05, 0.1) is 19.5 Å². The summed E-state index contributed by atoms with van der Waals surface area (Å²) >= 11 is 3.36. The number of hydrogen-bond acceptors (Lipinski definition) is 3. The van der Waals surface area contributed by atoms with Crippen LogP contribution in [-0.4, -0.2) is 52.1 Å². The number of rotatable bonds is 10. The van der Waals surface area contributed by atoms with E-state index in [1.807, 2.05) is 18.7 Å². The van der Waals surface area contributed by atoms with Crippen molar-refractivity contribution in [2.45, 2.75) is 32.9 Å². The van der Waals surface area contributed by atoms with Crippen LogP contribution in [0.5, 0.6) is 0 Å². The Balaban J connectivity index is 2.16. The standard InChI is InChI=1S/C13H24BrN3O/c1-13(2)17(9-11-18-10-4-14)7-3-6-16-8-5-15-12-16/h5,8,12-13H,3-4,6-7,9-11H2,1-2H3. The number of imidazole rings is 1. The zero-order chi connectivity index (χ0) is 13.2. The summed E-state index contributed by atoms with van der Waals surface area (Å²) in [6.07, 6.45) is 6.86. The maximum Gasteiger partial charge on any atom is 0.0945 e. The van der Waals surface area contributed by atoms with Crippen molar-refractivity contribution in [1.29, 1.82) is 0 Å². The lowest BCUT2D eigenvalue weighted by molar-refractivity contribution is 0.101. The summed E-state index contributed by atoms with van der Waals surface area (Å²) in [5, 5.41) is 0.912. The summed E-state index contributed by atoms with van der Waals surface area (Å²) in [7, 11) is 0. The van der Waals surface area contributed by atoms with Crippen LogP contribution in [0.1, 0.15) is 20.3 Å². The van der Waals surface area contributed by atoms with E-state index in [1.54, 1.807) is 0 Å². The van der Waals surface area contributed by atoms with Gasteiger partial charge in [-0.1, -0.05) is 15.9 Å². The quantitative estimate of drug-likeness (QED) is 0.490. The molecular weight excluding hydrogens is 294 g/mol. The van der Waals surface area contributed by atoms with Crippen LogP contribution in [0.3, 0.4) is 0 Å². The van der Waals surface area contributed by atoms with Crippen molar-refractivity contribution in [1.82, 2.24) is 14.5 Å². The molecule has 1 aromatic rings. The summed E-state index contributed by atoms with van der Waals surface area (Å²) in [5.41, 5.74) is 0. The summed E-state index contributed by atoms with van der Waals surface area (Å²) in [6, 6.07) is 0.570. The molecule has 0 unspecified atom stereocenters. The second-order valence-electron chi connectivity index (χ2n) is 4.59. The molecule has 5 heteroatoms. The van der Waals surface area contributed by atoms with Gasteiger partial charge in [0.25, 0.3) is 0 Å². The Morgan fingerprint density at radius 3 is 2.78 bits per heavy atom. The van der Waals surface area contributed by atoms with Gasteiger partial charge in [-0.2, -0.15) is 0 Å². The van der Waals surface area contributed by atoms with Gasteiger partial charge >= 0.3 is 0 Å². The van der Waals surface area contributed by atoms with Gasteiger partial charge in [0.1, 0.15) is 0 Å². The van der Waals surface area contributed by atoms with E-state index in [9.17, 15) is 0 Å². The highest BCUT2D eigenvalue weighted by molar-refractivity contribution is 9.09. The first-order chi connectivity index (χ1) is 8.74. The Hall–Kier alpha value is -0.390. The molecule has 18 heavy (non-hydrogen) atoms. The van der Waals surface area contributed by atoms with Crippen molar-refractivity contribution in [2.24, 2.45) is 0 Å². The minimum Gasteiger partial charge on any atom is -0.379 e. The van der Waals surface area contributed by atoms with E-state index < -0.39 is 0 Å². The molecule has 0 aliphatic heterocycles. The number of ether oxygens (including phenoxy) is 1. The number of alkyl halides is 1. The van der Waals surface area contributed by atoms with Crippen LogP contribution in [0, 0.1) is 0 Å². The lowest BCUT2D eigenvalue weighted by atomic mass is 10.3. The summed E-state index contributed by atoms with van der Waals surface area (Å²) in [5.74, 6) is 0. The lowest BCUT2D eigenvalue weighted by Crippen LogP contribution is -2.35. The third-order valence-corrected chi connectivity index (χ3v) is 3.22. The van der Waals surface area contributed by atoms with E-state index in [-0.39, 0.29) is 0 Å². The van der Waals surface area contributed by atoms with E-state index >= 15 is 0 Å². The van der Waals surface area contributed by atoms with E-state index in [0.717, 1.165) is 44.6 Å². The van der Waals surface area contributed by atoms with Crippen molar-refractivity contribution in [2.75, 3.05) is 31.6 Å². The molecule has 0 amide bonds. The highest BCUT2D eigenvalue weighted by Gasteiger charge is 2.08. The summed E-state index contributed by atoms with van der Waals surface area (Å²) in [6.45, 7) is 9.23. The number of aryl methyl sites for hydroxylation is 1. The third-order valence-electron chi connectivity index (χ3n) is 2.90. The Morgan fingerprint density at radius 2 is 2.17 bits per heavy atom. The van der Waals surface area contributed by atoms with Gasteiger partial charge in [-0.15, -0.1) is 0 Å². The Morgan fingerprint density at radius 1 is 1.33 bits per heavy atom. The molecular formula is C13H24BrN3O. The van der Waals surface area contributed by atoms with Gasteiger partial charge in [-0.05, 0) is 20.3 Å². The highest BCUT2D eigenvalue weighted by Crippen LogP contribution is 2.01. The van der Waals surface area contributed by atoms with Crippen molar-refractivity contribution in [3.8, 4) is 0 Å². The van der Waals surface area contributed by atoms with Crippen LogP contribution < -0.4 is 0 Å². The fraction of sp³-hybridized carbons (Fsp3) is 0.769. The molecule has 0 aliphatic carbocycles. The lowest BCUT2D eigenvalue weighted by Gasteiger charge is -2.26. The van der Waals surface area contributed by atoms with Crippen LogP contribution >= 0.6 is 15.9 Å². The molecule has 104 valence electrons. The zero-order valence-corrected chi connectivity index (χ0v) is 13.0. The smallest absolute Gasteiger partial charge is 0.0945 e. The molecule has 1 heterocycles. The predicted molar refractivity (Wildman–Crippen MR) is 78.2 cm³/mol. The first kappa shape index (κ1) is 15.7. The van der Waals surface area contributed by atoms with Gasteiger partial charge in [0.2, 0.25) is 0 Å². The molecule has 0 N–H and O–H groups in total. The predicted octanol–water partition coefficient (Wildman–Crippen LogP) is 2.40. The van der Waals surface area contributed by atoms with Crippen molar-refractivity contribution in [3.63, 3.8) is 0 Å². The van der Waals surface area contributed by atoms with Crippen molar-refractivity contribution >= 4 is 15.9 Å². The molecule has 0 saturated carbocycles. The van der Waals surface area contributed by atoms with E-state index in [1.165, 1.54) is 0 Å². The molecule has 4 nitrogen and oxygen atoms in total. The normalized spacial score (nSPS) is 11.6. The van der Waals surface area contributed by atoms with E-state index in [4.69, 9.17) is 4.74 Å². The first-order valence-corrected chi connectivity index (χ1v) is 7.69. The van der Waals surface area contributed by atoms with Crippen LogP contribution in [0.4, 0.5) is 0 Å². The molecule has 0 atom stereocenters. The Bertz CT molecular complexity index is 290. The van der Waals surface area contributed by atoms with Gasteiger partial charge in [-0.3, -0.25) is 4.90 Å². The third kappa shape index (κ3) is 6.52. The zero-order valence-electron chi connectivity index (χ0n) is 11.4. The van der Waals surface area contributed by atoms with Crippen LogP contribution in [-0.2, 0) is 11.3 Å². The minimum absolute atomic E-state index is 0.570. The van der Waals surface area contributed by atoms with Crippen LogP contribution in [0.15, 0.2) is 18.7 Å². The number of aromatic nitrogens is 2. The number of hydrogen-bond donors (Lipinski definition) is 0. The van der Waals surface area contributed by atoms with Crippen LogP contribution in [0.25, 0.3) is 0 Å². The van der Waals surface area contributed by atoms with Crippen molar-refractivity contribution < 1.29 is 4.74 Å². The second kappa shape index (κ2) is 9.53. The maximum atomic E-state index is 5.51. The molecule has 0 spiro atoms. The van der Waals surface area contributed by atoms with Gasteiger partial charge in [-0.25, -0.2) is 4.98 Å². The van der Waals surface area contributed by atoms with Gasteiger partial charge in [0, 0.05) is 43.4 Å². The largest absolute Gasteiger partial charge is 0.379 e. The summed E-state index contributed by atoms with van der Waals surface area (Å²) in [4.78, 5) is 6.51. The molecule has 0 aliphatic rings. The number of halogens is 1. The molecule has 0 radical (unpaired) electrons. The summed E-state index contributed by atoms with van der Waals surface area (Å²) < 4.78 is 7.64. The molecule has 0 saturated heterocycles. The molecule has 1 rings (SSSR count). The Labute approximate surface area is 118 Å². The Kier molecular flexibility index (Phi) is 8.29. The first-order valence-electron chi connectivity index (χ1n) is 6.57. The van der Waals surface area contributed by atoms with Crippen molar-refractivity contribution in [3.05, 3.63) is 18.7 Å². The molecule has 0 fully saturated rings. The SMILES string of the molecule is CC(C)N(CCCn1ccnc1)CCOCCBr. The maximum absolute atomic E-state index is 5.51. The molecule has 0 aromatic carbocycles. The van der Waals surface area contributed by atoms with Crippen LogP contribution in [0.2, 0.25) is 0 Å². The average Bonchev–Trinajstić information content (AvgIpc) is 2.85. The monoisotopic (exact) mass is 317 g/mol. The van der Waals surface area contributed by atoms with Gasteiger partial charge in [0.15, 0.2) is 0 Å². The van der Waals surface area contributed by atoms with E-state index in [0.29, 0.717) is 6.04 Å². The molecule has 0 bridgehead atoms. The minimum atomic E-state index is 0.570. The fourth-order valence-electron chi connectivity index (χ4n) is 1.84. The topological polar surface area (TPSA) is 30.3 Å². The average molecular weight is 318 g/mol. The van der Waals surface area contributed by atoms with Gasteiger partial charge < -0.3 is 9.30 Å². The molecule has 1 aromatic heterocycles. The fourth-order valence-corrected chi connectivity index (χ4v) is 2.07. The second-order valence-corrected chi connectivity index (χ2v) is 5.38. The highest BCUT2D eigenvalue weighted by atomic mass is 79.9.